The number of ketones is 1. The summed E-state index contributed by atoms with van der Waals surface area (Å²) in [6.45, 7) is 4.04. The average Bonchev–Trinajstić information content (AvgIpc) is 3.20. The zero-order valence-corrected chi connectivity index (χ0v) is 18.0. The van der Waals surface area contributed by atoms with Crippen LogP contribution < -0.4 is 4.90 Å². The summed E-state index contributed by atoms with van der Waals surface area (Å²) >= 11 is 4.66. The van der Waals surface area contributed by atoms with Gasteiger partial charge in [0, 0.05) is 31.7 Å². The minimum atomic E-state index is -1.82. The number of hydrogen-bond donors (Lipinski definition) is 1. The van der Waals surface area contributed by atoms with E-state index in [1.54, 1.807) is 29.2 Å². The smallest absolute Gasteiger partial charge is 0.265 e. The zero-order valence-electron chi connectivity index (χ0n) is 15.6. The molecular weight excluding hydrogens is 442 g/mol. The highest BCUT2D eigenvalue weighted by Crippen LogP contribution is 2.43. The number of thiophene rings is 1. The Morgan fingerprint density at radius 2 is 1.89 bits per heavy atom. The Labute approximate surface area is 176 Å². The summed E-state index contributed by atoms with van der Waals surface area (Å²) in [5.41, 5.74) is -0.622. The standard InChI is InChI=1S/C20H22BrN3O3S/c1-22-8-10-23(11-9-22)13-24-15-5-3-2-4-14(15)20(27,19(24)26)12-16(25)17-6-7-18(21)28-17/h2-7,27H,8-13H2,1H3/t20-/m0/s1. The van der Waals surface area contributed by atoms with E-state index in [1.165, 1.54) is 11.3 Å². The van der Waals surface area contributed by atoms with Gasteiger partial charge in [0.2, 0.25) is 0 Å². The molecule has 1 atom stereocenters. The molecular formula is C20H22BrN3O3S. The fourth-order valence-electron chi connectivity index (χ4n) is 3.79. The van der Waals surface area contributed by atoms with Crippen LogP contribution in [-0.4, -0.2) is 66.5 Å². The Hall–Kier alpha value is -1.58. The lowest BCUT2D eigenvalue weighted by atomic mass is 9.89. The number of Topliss-reactive ketones (excluding diaryl/α,β-unsaturated/α-hetero) is 1. The molecule has 4 rings (SSSR count). The van der Waals surface area contributed by atoms with Crippen molar-refractivity contribution in [3.63, 3.8) is 0 Å². The average molecular weight is 464 g/mol. The van der Waals surface area contributed by atoms with Crippen LogP contribution in [0.1, 0.15) is 21.7 Å². The van der Waals surface area contributed by atoms with Crippen molar-refractivity contribution < 1.29 is 14.7 Å². The topological polar surface area (TPSA) is 64.1 Å². The maximum Gasteiger partial charge on any atom is 0.265 e. The molecule has 1 N–H and O–H groups in total. The van der Waals surface area contributed by atoms with Crippen LogP contribution in [0.15, 0.2) is 40.2 Å². The van der Waals surface area contributed by atoms with Crippen molar-refractivity contribution in [2.45, 2.75) is 12.0 Å². The number of fused-ring (bicyclic) bond motifs is 1. The molecule has 1 aromatic heterocycles. The van der Waals surface area contributed by atoms with E-state index in [-0.39, 0.29) is 12.2 Å². The molecule has 1 saturated heterocycles. The fraction of sp³-hybridized carbons (Fsp3) is 0.400. The summed E-state index contributed by atoms with van der Waals surface area (Å²) in [5, 5.41) is 11.3. The molecule has 0 unspecified atom stereocenters. The number of carbonyl (C=O) groups is 2. The van der Waals surface area contributed by atoms with E-state index >= 15 is 0 Å². The number of likely N-dealkylation sites (N-methyl/N-ethyl adjacent to an activating group) is 1. The van der Waals surface area contributed by atoms with Gasteiger partial charge in [0.05, 0.1) is 27.4 Å². The van der Waals surface area contributed by atoms with Crippen LogP contribution in [0.4, 0.5) is 5.69 Å². The van der Waals surface area contributed by atoms with E-state index in [0.717, 1.165) is 30.0 Å². The van der Waals surface area contributed by atoms with Gasteiger partial charge in [-0.2, -0.15) is 0 Å². The first-order chi connectivity index (χ1) is 13.4. The Morgan fingerprint density at radius 3 is 2.57 bits per heavy atom. The van der Waals surface area contributed by atoms with Gasteiger partial charge in [-0.15, -0.1) is 11.3 Å². The molecule has 1 aromatic carbocycles. The fourth-order valence-corrected chi connectivity index (χ4v) is 5.11. The first-order valence-electron chi connectivity index (χ1n) is 9.22. The van der Waals surface area contributed by atoms with Crippen molar-refractivity contribution in [3.8, 4) is 0 Å². The molecule has 8 heteroatoms. The predicted molar refractivity (Wildman–Crippen MR) is 113 cm³/mol. The Balaban J connectivity index is 1.59. The van der Waals surface area contributed by atoms with Gasteiger partial charge in [-0.05, 0) is 41.2 Å². The normalized spacial score (nSPS) is 23.2. The van der Waals surface area contributed by atoms with Crippen LogP contribution in [0.2, 0.25) is 0 Å². The van der Waals surface area contributed by atoms with Gasteiger partial charge in [0.15, 0.2) is 11.4 Å². The van der Waals surface area contributed by atoms with Crippen LogP contribution in [0.5, 0.6) is 0 Å². The zero-order chi connectivity index (χ0) is 19.9. The van der Waals surface area contributed by atoms with Crippen LogP contribution >= 0.6 is 27.3 Å². The SMILES string of the molecule is CN1CCN(CN2C(=O)[C@](O)(CC(=O)c3ccc(Br)s3)c3ccccc32)CC1. The summed E-state index contributed by atoms with van der Waals surface area (Å²) < 4.78 is 0.845. The second-order valence-corrected chi connectivity index (χ2v) is 9.84. The molecule has 3 heterocycles. The second kappa shape index (κ2) is 7.68. The van der Waals surface area contributed by atoms with E-state index in [0.29, 0.717) is 22.8 Å². The van der Waals surface area contributed by atoms with Gasteiger partial charge >= 0.3 is 0 Å². The molecule has 1 fully saturated rings. The minimum Gasteiger partial charge on any atom is -0.375 e. The van der Waals surface area contributed by atoms with E-state index in [1.807, 2.05) is 12.1 Å². The number of hydrogen-bond acceptors (Lipinski definition) is 6. The molecule has 0 radical (unpaired) electrons. The van der Waals surface area contributed by atoms with Crippen LogP contribution in [0, 0.1) is 0 Å². The molecule has 0 spiro atoms. The van der Waals surface area contributed by atoms with Gasteiger partial charge in [-0.1, -0.05) is 18.2 Å². The number of benzene rings is 1. The molecule has 28 heavy (non-hydrogen) atoms. The Kier molecular flexibility index (Phi) is 5.41. The number of nitrogens with zero attached hydrogens (tertiary/aromatic N) is 3. The molecule has 2 aliphatic rings. The van der Waals surface area contributed by atoms with Crippen molar-refractivity contribution >= 4 is 44.6 Å². The van der Waals surface area contributed by atoms with Gasteiger partial charge in [0.1, 0.15) is 0 Å². The minimum absolute atomic E-state index is 0.234. The lowest BCUT2D eigenvalue weighted by Gasteiger charge is -2.35. The number of amides is 1. The summed E-state index contributed by atoms with van der Waals surface area (Å²) in [7, 11) is 2.08. The Bertz CT molecular complexity index is 910. The monoisotopic (exact) mass is 463 g/mol. The van der Waals surface area contributed by atoms with Crippen molar-refractivity contribution in [2.24, 2.45) is 0 Å². The second-order valence-electron chi connectivity index (χ2n) is 7.38. The first kappa shape index (κ1) is 19.7. The highest BCUT2D eigenvalue weighted by Gasteiger charge is 2.51. The van der Waals surface area contributed by atoms with E-state index < -0.39 is 11.5 Å². The van der Waals surface area contributed by atoms with Crippen molar-refractivity contribution in [2.75, 3.05) is 44.8 Å². The third-order valence-electron chi connectivity index (χ3n) is 5.44. The number of rotatable bonds is 5. The number of aliphatic hydroxyl groups is 1. The lowest BCUT2D eigenvalue weighted by molar-refractivity contribution is -0.136. The maximum atomic E-state index is 13.3. The number of halogens is 1. The van der Waals surface area contributed by atoms with Gasteiger partial charge in [-0.25, -0.2) is 0 Å². The quantitative estimate of drug-likeness (QED) is 0.690. The summed E-state index contributed by atoms with van der Waals surface area (Å²) in [4.78, 5) is 32.6. The van der Waals surface area contributed by atoms with E-state index in [9.17, 15) is 14.7 Å². The molecule has 0 saturated carbocycles. The van der Waals surface area contributed by atoms with Crippen molar-refractivity contribution in [1.29, 1.82) is 0 Å². The van der Waals surface area contributed by atoms with Crippen LogP contribution in [0.25, 0.3) is 0 Å². The van der Waals surface area contributed by atoms with Gasteiger partial charge < -0.3 is 10.0 Å². The van der Waals surface area contributed by atoms with E-state index in [2.05, 4.69) is 32.8 Å². The highest BCUT2D eigenvalue weighted by atomic mass is 79.9. The maximum absolute atomic E-state index is 13.3. The number of anilines is 1. The molecule has 2 aliphatic heterocycles. The first-order valence-corrected chi connectivity index (χ1v) is 10.8. The summed E-state index contributed by atoms with van der Waals surface area (Å²) in [5.74, 6) is -0.653. The van der Waals surface area contributed by atoms with Crippen molar-refractivity contribution in [3.05, 3.63) is 50.6 Å². The lowest BCUT2D eigenvalue weighted by Crippen LogP contribution is -2.51. The molecule has 148 valence electrons. The third-order valence-corrected chi connectivity index (χ3v) is 7.11. The van der Waals surface area contributed by atoms with Gasteiger partial charge in [-0.3, -0.25) is 19.4 Å². The molecule has 6 nitrogen and oxygen atoms in total. The molecule has 2 aromatic rings. The number of para-hydroxylation sites is 1. The molecule has 1 amide bonds. The summed E-state index contributed by atoms with van der Waals surface area (Å²) in [6, 6.07) is 10.7. The molecule has 0 bridgehead atoms. The molecule has 0 aliphatic carbocycles. The Morgan fingerprint density at radius 1 is 1.18 bits per heavy atom. The van der Waals surface area contributed by atoms with Crippen molar-refractivity contribution in [1.82, 2.24) is 9.80 Å². The van der Waals surface area contributed by atoms with Crippen LogP contribution in [0.3, 0.4) is 0 Å². The van der Waals surface area contributed by atoms with Crippen LogP contribution in [-0.2, 0) is 10.4 Å². The largest absolute Gasteiger partial charge is 0.375 e. The predicted octanol–water partition coefficient (Wildman–Crippen LogP) is 2.52. The highest BCUT2D eigenvalue weighted by molar-refractivity contribution is 9.11. The number of piperazine rings is 1. The van der Waals surface area contributed by atoms with Gasteiger partial charge in [0.25, 0.3) is 5.91 Å². The number of carbonyl (C=O) groups excluding carboxylic acids is 2. The third kappa shape index (κ3) is 3.55. The summed E-state index contributed by atoms with van der Waals surface area (Å²) in [6.07, 6.45) is -0.255. The van der Waals surface area contributed by atoms with E-state index in [4.69, 9.17) is 0 Å².